The highest BCUT2D eigenvalue weighted by Crippen LogP contribution is 2.29. The second-order valence-corrected chi connectivity index (χ2v) is 6.10. The molecule has 8 heteroatoms. The van der Waals surface area contributed by atoms with Crippen LogP contribution < -0.4 is 14.8 Å². The average molecular weight is 410 g/mol. The van der Waals surface area contributed by atoms with Crippen molar-refractivity contribution in [3.05, 3.63) is 52.8 Å². The standard InChI is InChI=1S/C20H21ClFNO5/c1-3-9-27-17-8-5-13(10-18(17)26-4-2)20(25)28-12-19(24)23-14-6-7-16(22)15(21)11-14/h5-8,10-11H,3-4,9,12H2,1-2H3,(H,23,24). The lowest BCUT2D eigenvalue weighted by Gasteiger charge is -2.13. The van der Waals surface area contributed by atoms with Crippen LogP contribution in [0.15, 0.2) is 36.4 Å². The molecule has 0 aromatic heterocycles. The third kappa shape index (κ3) is 6.13. The Bertz CT molecular complexity index is 843. The van der Waals surface area contributed by atoms with Gasteiger partial charge in [0.2, 0.25) is 0 Å². The summed E-state index contributed by atoms with van der Waals surface area (Å²) < 4.78 is 29.2. The minimum absolute atomic E-state index is 0.122. The Morgan fingerprint density at radius 2 is 1.86 bits per heavy atom. The topological polar surface area (TPSA) is 73.9 Å². The van der Waals surface area contributed by atoms with Crippen LogP contribution in [0.25, 0.3) is 0 Å². The molecule has 2 rings (SSSR count). The van der Waals surface area contributed by atoms with Gasteiger partial charge in [-0.3, -0.25) is 4.79 Å². The third-order valence-electron chi connectivity index (χ3n) is 3.48. The van der Waals surface area contributed by atoms with E-state index < -0.39 is 24.3 Å². The van der Waals surface area contributed by atoms with Gasteiger partial charge in [0.25, 0.3) is 5.91 Å². The van der Waals surface area contributed by atoms with Crippen LogP contribution in [0.3, 0.4) is 0 Å². The first-order chi connectivity index (χ1) is 13.4. The van der Waals surface area contributed by atoms with Crippen molar-refractivity contribution in [3.63, 3.8) is 0 Å². The molecule has 0 spiro atoms. The van der Waals surface area contributed by atoms with E-state index in [1.807, 2.05) is 13.8 Å². The Morgan fingerprint density at radius 3 is 2.54 bits per heavy atom. The maximum Gasteiger partial charge on any atom is 0.338 e. The minimum atomic E-state index is -0.685. The van der Waals surface area contributed by atoms with Crippen LogP contribution in [0.4, 0.5) is 10.1 Å². The van der Waals surface area contributed by atoms with E-state index >= 15 is 0 Å². The fourth-order valence-corrected chi connectivity index (χ4v) is 2.40. The first-order valence-electron chi connectivity index (χ1n) is 8.76. The summed E-state index contributed by atoms with van der Waals surface area (Å²) in [4.78, 5) is 24.1. The maximum absolute atomic E-state index is 13.1. The molecule has 0 saturated heterocycles. The predicted octanol–water partition coefficient (Wildman–Crippen LogP) is 4.46. The molecule has 6 nitrogen and oxygen atoms in total. The average Bonchev–Trinajstić information content (AvgIpc) is 2.68. The summed E-state index contributed by atoms with van der Waals surface area (Å²) in [6, 6.07) is 8.41. The Morgan fingerprint density at radius 1 is 1.07 bits per heavy atom. The lowest BCUT2D eigenvalue weighted by Crippen LogP contribution is -2.21. The van der Waals surface area contributed by atoms with E-state index in [1.165, 1.54) is 24.3 Å². The van der Waals surface area contributed by atoms with Crippen molar-refractivity contribution in [2.75, 3.05) is 25.1 Å². The highest BCUT2D eigenvalue weighted by atomic mass is 35.5. The van der Waals surface area contributed by atoms with Crippen LogP contribution in [-0.4, -0.2) is 31.7 Å². The highest BCUT2D eigenvalue weighted by molar-refractivity contribution is 6.31. The second-order valence-electron chi connectivity index (χ2n) is 5.70. The Hall–Kier alpha value is -2.80. The largest absolute Gasteiger partial charge is 0.490 e. The number of nitrogens with one attached hydrogen (secondary N) is 1. The lowest BCUT2D eigenvalue weighted by molar-refractivity contribution is -0.119. The summed E-state index contributed by atoms with van der Waals surface area (Å²) in [5, 5.41) is 2.35. The van der Waals surface area contributed by atoms with E-state index in [2.05, 4.69) is 5.32 Å². The number of esters is 1. The quantitative estimate of drug-likeness (QED) is 0.619. The van der Waals surface area contributed by atoms with Crippen molar-refractivity contribution in [1.29, 1.82) is 0 Å². The number of carbonyl (C=O) groups is 2. The molecule has 28 heavy (non-hydrogen) atoms. The summed E-state index contributed by atoms with van der Waals surface area (Å²) in [7, 11) is 0. The number of carbonyl (C=O) groups excluding carboxylic acids is 2. The fourth-order valence-electron chi connectivity index (χ4n) is 2.22. The van der Waals surface area contributed by atoms with E-state index in [0.29, 0.717) is 30.4 Å². The number of halogens is 2. The zero-order valence-electron chi connectivity index (χ0n) is 15.6. The molecule has 0 aliphatic rings. The molecule has 0 saturated carbocycles. The van der Waals surface area contributed by atoms with E-state index in [9.17, 15) is 14.0 Å². The number of ether oxygens (including phenoxy) is 3. The zero-order valence-corrected chi connectivity index (χ0v) is 16.3. The molecule has 0 aliphatic heterocycles. The molecule has 0 bridgehead atoms. The van der Waals surface area contributed by atoms with Crippen LogP contribution in [0.2, 0.25) is 5.02 Å². The number of benzene rings is 2. The SMILES string of the molecule is CCCOc1ccc(C(=O)OCC(=O)Nc2ccc(F)c(Cl)c2)cc1OCC. The van der Waals surface area contributed by atoms with Gasteiger partial charge in [-0.25, -0.2) is 9.18 Å². The summed E-state index contributed by atoms with van der Waals surface area (Å²) in [5.74, 6) is -0.899. The fraction of sp³-hybridized carbons (Fsp3) is 0.300. The van der Waals surface area contributed by atoms with Crippen LogP contribution in [-0.2, 0) is 9.53 Å². The second kappa shape index (κ2) is 10.5. The molecule has 2 aromatic carbocycles. The molecule has 0 radical (unpaired) electrons. The molecule has 150 valence electrons. The van der Waals surface area contributed by atoms with Gasteiger partial charge >= 0.3 is 5.97 Å². The molecular formula is C20H21ClFNO5. The smallest absolute Gasteiger partial charge is 0.338 e. The van der Waals surface area contributed by atoms with Gasteiger partial charge in [0.05, 0.1) is 23.8 Å². The maximum atomic E-state index is 13.1. The Balaban J connectivity index is 1.96. The van der Waals surface area contributed by atoms with Crippen LogP contribution in [0, 0.1) is 5.82 Å². The molecule has 0 aliphatic carbocycles. The molecule has 0 atom stereocenters. The van der Waals surface area contributed by atoms with E-state index in [1.54, 1.807) is 6.07 Å². The zero-order chi connectivity index (χ0) is 20.5. The van der Waals surface area contributed by atoms with Crippen LogP contribution >= 0.6 is 11.6 Å². The highest BCUT2D eigenvalue weighted by Gasteiger charge is 2.15. The van der Waals surface area contributed by atoms with Crippen molar-refractivity contribution in [2.24, 2.45) is 0 Å². The lowest BCUT2D eigenvalue weighted by atomic mass is 10.2. The monoisotopic (exact) mass is 409 g/mol. The predicted molar refractivity (Wildman–Crippen MR) is 104 cm³/mol. The van der Waals surface area contributed by atoms with Gasteiger partial charge in [0, 0.05) is 5.69 Å². The Kier molecular flexibility index (Phi) is 8.07. The van der Waals surface area contributed by atoms with E-state index in [0.717, 1.165) is 12.5 Å². The normalized spacial score (nSPS) is 10.3. The van der Waals surface area contributed by atoms with E-state index in [4.69, 9.17) is 25.8 Å². The Labute approximate surface area is 167 Å². The van der Waals surface area contributed by atoms with Gasteiger partial charge in [-0.05, 0) is 49.7 Å². The number of rotatable bonds is 9. The van der Waals surface area contributed by atoms with Gasteiger partial charge in [-0.1, -0.05) is 18.5 Å². The summed E-state index contributed by atoms with van der Waals surface area (Å²) in [5.41, 5.74) is 0.522. The number of hydrogen-bond donors (Lipinski definition) is 1. The van der Waals surface area contributed by atoms with Crippen LogP contribution in [0.1, 0.15) is 30.6 Å². The first-order valence-corrected chi connectivity index (χ1v) is 9.14. The summed E-state index contributed by atoms with van der Waals surface area (Å²) >= 11 is 5.66. The summed E-state index contributed by atoms with van der Waals surface area (Å²) in [6.45, 7) is 4.23. The van der Waals surface area contributed by atoms with Gasteiger partial charge in [0.1, 0.15) is 5.82 Å². The minimum Gasteiger partial charge on any atom is -0.490 e. The number of anilines is 1. The van der Waals surface area contributed by atoms with Crippen molar-refractivity contribution in [3.8, 4) is 11.5 Å². The van der Waals surface area contributed by atoms with Crippen molar-refractivity contribution in [2.45, 2.75) is 20.3 Å². The number of amides is 1. The first kappa shape index (κ1) is 21.5. The van der Waals surface area contributed by atoms with Gasteiger partial charge < -0.3 is 19.5 Å². The molecule has 0 unspecified atom stereocenters. The van der Waals surface area contributed by atoms with Gasteiger partial charge in [0.15, 0.2) is 18.1 Å². The molecule has 0 fully saturated rings. The van der Waals surface area contributed by atoms with Gasteiger partial charge in [-0.2, -0.15) is 0 Å². The van der Waals surface area contributed by atoms with Crippen molar-refractivity contribution in [1.82, 2.24) is 0 Å². The van der Waals surface area contributed by atoms with Crippen LogP contribution in [0.5, 0.6) is 11.5 Å². The summed E-state index contributed by atoms with van der Waals surface area (Å²) in [6.07, 6.45) is 0.837. The number of hydrogen-bond acceptors (Lipinski definition) is 5. The van der Waals surface area contributed by atoms with E-state index in [-0.39, 0.29) is 10.6 Å². The molecular weight excluding hydrogens is 389 g/mol. The molecule has 0 heterocycles. The van der Waals surface area contributed by atoms with Gasteiger partial charge in [-0.15, -0.1) is 0 Å². The third-order valence-corrected chi connectivity index (χ3v) is 3.77. The molecule has 2 aromatic rings. The molecule has 1 N–H and O–H groups in total. The van der Waals surface area contributed by atoms with Crippen molar-refractivity contribution >= 4 is 29.2 Å². The molecule has 1 amide bonds. The van der Waals surface area contributed by atoms with Crippen molar-refractivity contribution < 1.29 is 28.2 Å².